The van der Waals surface area contributed by atoms with Gasteiger partial charge in [-0.3, -0.25) is 4.79 Å². The molecule has 0 aliphatic carbocycles. The molecular weight excluding hydrogens is 317 g/mol. The van der Waals surface area contributed by atoms with Gasteiger partial charge in [0.15, 0.2) is 0 Å². The fourth-order valence-electron chi connectivity index (χ4n) is 2.04. The Labute approximate surface area is 129 Å². The standard InChI is InChI=1S/C16H12F5NO/c1-22(15(23)11-6-13(17)8-14(18)7-11)9-10-2-4-12(5-3-10)16(19,20)21/h2-8H,9H2,1H3. The largest absolute Gasteiger partial charge is 0.416 e. The molecule has 2 aromatic carbocycles. The summed E-state index contributed by atoms with van der Waals surface area (Å²) in [5, 5.41) is 0. The van der Waals surface area contributed by atoms with Crippen molar-refractivity contribution in [3.8, 4) is 0 Å². The van der Waals surface area contributed by atoms with Gasteiger partial charge in [-0.1, -0.05) is 12.1 Å². The SMILES string of the molecule is CN(Cc1ccc(C(F)(F)F)cc1)C(=O)c1cc(F)cc(F)c1. The quantitative estimate of drug-likeness (QED) is 0.771. The van der Waals surface area contributed by atoms with E-state index >= 15 is 0 Å². The zero-order valence-corrected chi connectivity index (χ0v) is 12.0. The second-order valence-electron chi connectivity index (χ2n) is 5.01. The molecule has 0 saturated heterocycles. The Morgan fingerprint density at radius 3 is 2.00 bits per heavy atom. The maximum Gasteiger partial charge on any atom is 0.416 e. The second kappa shape index (κ2) is 6.36. The number of hydrogen-bond donors (Lipinski definition) is 0. The molecule has 0 aromatic heterocycles. The van der Waals surface area contributed by atoms with Gasteiger partial charge in [-0.15, -0.1) is 0 Å². The molecule has 0 aliphatic rings. The first-order valence-electron chi connectivity index (χ1n) is 6.54. The Kier molecular flexibility index (Phi) is 4.68. The number of carbonyl (C=O) groups is 1. The topological polar surface area (TPSA) is 20.3 Å². The van der Waals surface area contributed by atoms with Crippen molar-refractivity contribution in [1.82, 2.24) is 4.90 Å². The van der Waals surface area contributed by atoms with Gasteiger partial charge in [-0.25, -0.2) is 8.78 Å². The van der Waals surface area contributed by atoms with E-state index in [1.54, 1.807) is 0 Å². The first-order chi connectivity index (χ1) is 10.7. The summed E-state index contributed by atoms with van der Waals surface area (Å²) < 4.78 is 63.7. The van der Waals surface area contributed by atoms with Gasteiger partial charge in [0.25, 0.3) is 5.91 Å². The summed E-state index contributed by atoms with van der Waals surface area (Å²) in [5.41, 5.74) is -0.495. The lowest BCUT2D eigenvalue weighted by atomic mass is 10.1. The smallest absolute Gasteiger partial charge is 0.337 e. The number of nitrogens with zero attached hydrogens (tertiary/aromatic N) is 1. The Morgan fingerprint density at radius 2 is 1.52 bits per heavy atom. The number of halogens is 5. The van der Waals surface area contributed by atoms with Gasteiger partial charge in [0.1, 0.15) is 11.6 Å². The van der Waals surface area contributed by atoms with Crippen molar-refractivity contribution in [3.63, 3.8) is 0 Å². The molecule has 0 bridgehead atoms. The summed E-state index contributed by atoms with van der Waals surface area (Å²) >= 11 is 0. The van der Waals surface area contributed by atoms with Gasteiger partial charge in [-0.05, 0) is 29.8 Å². The van der Waals surface area contributed by atoms with Crippen molar-refractivity contribution in [2.24, 2.45) is 0 Å². The van der Waals surface area contributed by atoms with Crippen LogP contribution in [0.2, 0.25) is 0 Å². The van der Waals surface area contributed by atoms with E-state index < -0.39 is 29.3 Å². The molecule has 0 saturated carbocycles. The van der Waals surface area contributed by atoms with Gasteiger partial charge in [-0.2, -0.15) is 13.2 Å². The van der Waals surface area contributed by atoms with Crippen LogP contribution in [-0.2, 0) is 12.7 Å². The van der Waals surface area contributed by atoms with Crippen LogP contribution < -0.4 is 0 Å². The highest BCUT2D eigenvalue weighted by atomic mass is 19.4. The van der Waals surface area contributed by atoms with E-state index in [0.717, 1.165) is 29.2 Å². The zero-order chi connectivity index (χ0) is 17.2. The first-order valence-corrected chi connectivity index (χ1v) is 6.54. The summed E-state index contributed by atoms with van der Waals surface area (Å²) in [6.07, 6.45) is -4.43. The summed E-state index contributed by atoms with van der Waals surface area (Å²) in [5.74, 6) is -2.39. The molecule has 0 heterocycles. The summed E-state index contributed by atoms with van der Waals surface area (Å²) in [7, 11) is 1.39. The highest BCUT2D eigenvalue weighted by molar-refractivity contribution is 5.94. The van der Waals surface area contributed by atoms with Crippen molar-refractivity contribution in [1.29, 1.82) is 0 Å². The van der Waals surface area contributed by atoms with Crippen LogP contribution in [0.3, 0.4) is 0 Å². The lowest BCUT2D eigenvalue weighted by molar-refractivity contribution is -0.137. The van der Waals surface area contributed by atoms with E-state index in [0.29, 0.717) is 11.6 Å². The number of amides is 1. The van der Waals surface area contributed by atoms with Crippen molar-refractivity contribution >= 4 is 5.91 Å². The van der Waals surface area contributed by atoms with E-state index in [2.05, 4.69) is 0 Å². The number of alkyl halides is 3. The fourth-order valence-corrected chi connectivity index (χ4v) is 2.04. The van der Waals surface area contributed by atoms with E-state index in [-0.39, 0.29) is 12.1 Å². The van der Waals surface area contributed by atoms with Gasteiger partial charge >= 0.3 is 6.18 Å². The van der Waals surface area contributed by atoms with Crippen molar-refractivity contribution in [3.05, 3.63) is 70.8 Å². The monoisotopic (exact) mass is 329 g/mol. The van der Waals surface area contributed by atoms with E-state index in [1.165, 1.54) is 19.2 Å². The Hall–Kier alpha value is -2.44. The highest BCUT2D eigenvalue weighted by Gasteiger charge is 2.30. The van der Waals surface area contributed by atoms with Crippen LogP contribution in [0.1, 0.15) is 21.5 Å². The van der Waals surface area contributed by atoms with Gasteiger partial charge in [0.05, 0.1) is 5.56 Å². The average Bonchev–Trinajstić information content (AvgIpc) is 2.45. The summed E-state index contributed by atoms with van der Waals surface area (Å²) in [6.45, 7) is 0.00903. The molecule has 0 aliphatic heterocycles. The molecule has 2 nitrogen and oxygen atoms in total. The van der Waals surface area contributed by atoms with Crippen LogP contribution in [0.25, 0.3) is 0 Å². The number of rotatable bonds is 3. The predicted molar refractivity (Wildman–Crippen MR) is 73.6 cm³/mol. The van der Waals surface area contributed by atoms with Gasteiger partial charge in [0.2, 0.25) is 0 Å². The third-order valence-corrected chi connectivity index (χ3v) is 3.16. The van der Waals surface area contributed by atoms with Crippen LogP contribution in [0, 0.1) is 11.6 Å². The van der Waals surface area contributed by atoms with Crippen LogP contribution in [0.5, 0.6) is 0 Å². The fraction of sp³-hybridized carbons (Fsp3) is 0.188. The van der Waals surface area contributed by atoms with Crippen LogP contribution >= 0.6 is 0 Å². The van der Waals surface area contributed by atoms with Crippen molar-refractivity contribution in [2.75, 3.05) is 7.05 Å². The molecule has 0 unspecified atom stereocenters. The van der Waals surface area contributed by atoms with Gasteiger partial charge in [0, 0.05) is 25.2 Å². The van der Waals surface area contributed by atoms with Crippen molar-refractivity contribution < 1.29 is 26.7 Å². The lowest BCUT2D eigenvalue weighted by Gasteiger charge is -2.18. The highest BCUT2D eigenvalue weighted by Crippen LogP contribution is 2.29. The Bertz CT molecular complexity index is 689. The molecule has 0 fully saturated rings. The zero-order valence-electron chi connectivity index (χ0n) is 12.0. The number of carbonyl (C=O) groups excluding carboxylic acids is 1. The molecule has 0 atom stereocenters. The average molecular weight is 329 g/mol. The van der Waals surface area contributed by atoms with Gasteiger partial charge < -0.3 is 4.90 Å². The lowest BCUT2D eigenvalue weighted by Crippen LogP contribution is -2.26. The van der Waals surface area contributed by atoms with Crippen molar-refractivity contribution in [2.45, 2.75) is 12.7 Å². The molecule has 0 radical (unpaired) electrons. The van der Waals surface area contributed by atoms with E-state index in [9.17, 15) is 26.7 Å². The molecule has 0 spiro atoms. The second-order valence-corrected chi connectivity index (χ2v) is 5.01. The molecular formula is C16H12F5NO. The molecule has 2 aromatic rings. The minimum atomic E-state index is -4.43. The Balaban J connectivity index is 2.12. The minimum Gasteiger partial charge on any atom is -0.337 e. The molecule has 7 heteroatoms. The van der Waals surface area contributed by atoms with E-state index in [4.69, 9.17) is 0 Å². The molecule has 23 heavy (non-hydrogen) atoms. The number of hydrogen-bond acceptors (Lipinski definition) is 1. The maximum atomic E-state index is 13.1. The minimum absolute atomic E-state index is 0.00903. The molecule has 1 amide bonds. The third-order valence-electron chi connectivity index (χ3n) is 3.16. The summed E-state index contributed by atoms with van der Waals surface area (Å²) in [6, 6.07) is 6.76. The summed E-state index contributed by atoms with van der Waals surface area (Å²) in [4.78, 5) is 13.3. The predicted octanol–water partition coefficient (Wildman–Crippen LogP) is 4.26. The third kappa shape index (κ3) is 4.28. The number of benzene rings is 2. The van der Waals surface area contributed by atoms with Crippen LogP contribution in [0.15, 0.2) is 42.5 Å². The van der Waals surface area contributed by atoms with E-state index in [1.807, 2.05) is 0 Å². The normalized spacial score (nSPS) is 11.4. The van der Waals surface area contributed by atoms with Crippen LogP contribution in [0.4, 0.5) is 22.0 Å². The molecule has 0 N–H and O–H groups in total. The van der Waals surface area contributed by atoms with Crippen LogP contribution in [-0.4, -0.2) is 17.9 Å². The molecule has 2 rings (SSSR count). The first kappa shape index (κ1) is 16.9. The Morgan fingerprint density at radius 1 is 1.00 bits per heavy atom. The molecule has 122 valence electrons. The maximum absolute atomic E-state index is 13.1.